The van der Waals surface area contributed by atoms with E-state index in [4.69, 9.17) is 16.7 Å². The fourth-order valence-corrected chi connectivity index (χ4v) is 2.17. The molecule has 0 N–H and O–H groups in total. The first kappa shape index (κ1) is 14.1. The van der Waals surface area contributed by atoms with Gasteiger partial charge in [-0.3, -0.25) is 0 Å². The number of halogens is 1. The lowest BCUT2D eigenvalue weighted by Crippen LogP contribution is -2.12. The molecule has 0 aliphatic heterocycles. The zero-order chi connectivity index (χ0) is 14.2. The summed E-state index contributed by atoms with van der Waals surface area (Å²) in [6.45, 7) is 10.9. The maximum Gasteiger partial charge on any atom is 0.0685 e. The molecular formula is C16H21ClN2. The fourth-order valence-electron chi connectivity index (χ4n) is 1.99. The van der Waals surface area contributed by atoms with Crippen molar-refractivity contribution in [3.8, 4) is 5.69 Å². The first-order valence-electron chi connectivity index (χ1n) is 6.65. The van der Waals surface area contributed by atoms with Crippen LogP contribution in [0.3, 0.4) is 0 Å². The van der Waals surface area contributed by atoms with Crippen LogP contribution in [0.1, 0.15) is 51.9 Å². The van der Waals surface area contributed by atoms with Gasteiger partial charge in [0.05, 0.1) is 11.4 Å². The molecule has 0 aliphatic carbocycles. The molecule has 3 heteroatoms. The smallest absolute Gasteiger partial charge is 0.0685 e. The predicted octanol–water partition coefficient (Wildman–Crippen LogP) is 4.95. The van der Waals surface area contributed by atoms with Crippen molar-refractivity contribution in [3.63, 3.8) is 0 Å². The molecule has 0 spiro atoms. The third-order valence-electron chi connectivity index (χ3n) is 3.15. The van der Waals surface area contributed by atoms with E-state index in [1.807, 2.05) is 28.9 Å². The summed E-state index contributed by atoms with van der Waals surface area (Å²) < 4.78 is 2.01. The lowest BCUT2D eigenvalue weighted by atomic mass is 9.91. The van der Waals surface area contributed by atoms with Crippen molar-refractivity contribution in [1.29, 1.82) is 0 Å². The van der Waals surface area contributed by atoms with Crippen molar-refractivity contribution in [2.75, 3.05) is 0 Å². The Morgan fingerprint density at radius 1 is 1.16 bits per heavy atom. The minimum absolute atomic E-state index is 0.0491. The second kappa shape index (κ2) is 5.01. The number of aromatic nitrogens is 2. The molecule has 0 fully saturated rings. The average Bonchev–Trinajstić information content (AvgIpc) is 2.73. The summed E-state index contributed by atoms with van der Waals surface area (Å²) in [5.41, 5.74) is 3.39. The molecule has 102 valence electrons. The van der Waals surface area contributed by atoms with Gasteiger partial charge in [0, 0.05) is 16.1 Å². The summed E-state index contributed by atoms with van der Waals surface area (Å²) in [6.07, 6.45) is 0. The van der Waals surface area contributed by atoms with Crippen LogP contribution in [-0.2, 0) is 5.41 Å². The minimum atomic E-state index is 0.0491. The third kappa shape index (κ3) is 3.01. The van der Waals surface area contributed by atoms with Crippen molar-refractivity contribution in [2.24, 2.45) is 0 Å². The van der Waals surface area contributed by atoms with Gasteiger partial charge in [-0.25, -0.2) is 4.68 Å². The first-order valence-corrected chi connectivity index (χ1v) is 7.03. The van der Waals surface area contributed by atoms with E-state index in [0.29, 0.717) is 5.92 Å². The highest BCUT2D eigenvalue weighted by Crippen LogP contribution is 2.27. The van der Waals surface area contributed by atoms with Crippen LogP contribution in [0.25, 0.3) is 5.69 Å². The molecule has 0 amide bonds. The molecule has 2 rings (SSSR count). The Morgan fingerprint density at radius 2 is 1.84 bits per heavy atom. The monoisotopic (exact) mass is 276 g/mol. The Kier molecular flexibility index (Phi) is 3.73. The molecule has 0 atom stereocenters. The van der Waals surface area contributed by atoms with Gasteiger partial charge in [0.2, 0.25) is 0 Å². The van der Waals surface area contributed by atoms with Crippen LogP contribution in [0.5, 0.6) is 0 Å². The highest BCUT2D eigenvalue weighted by molar-refractivity contribution is 6.30. The Balaban J connectivity index is 2.59. The molecule has 1 aromatic heterocycles. The maximum atomic E-state index is 6.08. The van der Waals surface area contributed by atoms with Gasteiger partial charge in [-0.1, -0.05) is 52.3 Å². The number of hydrogen-bond acceptors (Lipinski definition) is 1. The molecule has 0 aliphatic rings. The molecule has 1 heterocycles. The lowest BCUT2D eigenvalue weighted by Gasteiger charge is -2.14. The molecule has 0 saturated carbocycles. The van der Waals surface area contributed by atoms with Crippen LogP contribution in [-0.4, -0.2) is 9.78 Å². The lowest BCUT2D eigenvalue weighted by molar-refractivity contribution is 0.559. The summed E-state index contributed by atoms with van der Waals surface area (Å²) in [7, 11) is 0. The number of rotatable bonds is 2. The molecule has 1 aromatic carbocycles. The van der Waals surface area contributed by atoms with Crippen LogP contribution in [0.15, 0.2) is 30.3 Å². The van der Waals surface area contributed by atoms with E-state index >= 15 is 0 Å². The zero-order valence-corrected chi connectivity index (χ0v) is 13.0. The minimum Gasteiger partial charge on any atom is -0.237 e. The Hall–Kier alpha value is -1.28. The molecule has 2 nitrogen and oxygen atoms in total. The molecular weight excluding hydrogens is 256 g/mol. The number of benzene rings is 1. The molecule has 0 saturated heterocycles. The normalized spacial score (nSPS) is 12.2. The zero-order valence-electron chi connectivity index (χ0n) is 12.2. The third-order valence-corrected chi connectivity index (χ3v) is 3.38. The molecule has 0 radical (unpaired) electrons. The first-order chi connectivity index (χ1) is 8.79. The van der Waals surface area contributed by atoms with E-state index < -0.39 is 0 Å². The second-order valence-corrected chi connectivity index (χ2v) is 6.69. The summed E-state index contributed by atoms with van der Waals surface area (Å²) in [6, 6.07) is 10.0. The van der Waals surface area contributed by atoms with Crippen LogP contribution in [0.4, 0.5) is 0 Å². The van der Waals surface area contributed by atoms with Crippen molar-refractivity contribution >= 4 is 11.6 Å². The van der Waals surface area contributed by atoms with Gasteiger partial charge >= 0.3 is 0 Å². The highest BCUT2D eigenvalue weighted by atomic mass is 35.5. The van der Waals surface area contributed by atoms with Crippen LogP contribution >= 0.6 is 11.6 Å². The van der Waals surface area contributed by atoms with E-state index in [2.05, 4.69) is 40.7 Å². The van der Waals surface area contributed by atoms with E-state index in [1.54, 1.807) is 0 Å². The van der Waals surface area contributed by atoms with Crippen molar-refractivity contribution < 1.29 is 0 Å². The summed E-state index contributed by atoms with van der Waals surface area (Å²) in [5.74, 6) is 0.419. The van der Waals surface area contributed by atoms with Crippen molar-refractivity contribution in [1.82, 2.24) is 9.78 Å². The van der Waals surface area contributed by atoms with Gasteiger partial charge in [0.1, 0.15) is 0 Å². The SMILES string of the molecule is CC(C)c1cc(C(C)(C)C)nn1-c1cccc(Cl)c1. The van der Waals surface area contributed by atoms with Crippen LogP contribution < -0.4 is 0 Å². The van der Waals surface area contributed by atoms with Gasteiger partial charge in [0.25, 0.3) is 0 Å². The Labute approximate surface area is 120 Å². The highest BCUT2D eigenvalue weighted by Gasteiger charge is 2.21. The summed E-state index contributed by atoms with van der Waals surface area (Å²) >= 11 is 6.08. The van der Waals surface area contributed by atoms with Crippen LogP contribution in [0.2, 0.25) is 5.02 Å². The standard InChI is InChI=1S/C16H21ClN2/c1-11(2)14-10-15(16(3,4)5)18-19(14)13-8-6-7-12(17)9-13/h6-11H,1-5H3. The van der Waals surface area contributed by atoms with Gasteiger partial charge in [-0.2, -0.15) is 5.10 Å². The van der Waals surface area contributed by atoms with Gasteiger partial charge in [-0.15, -0.1) is 0 Å². The quantitative estimate of drug-likeness (QED) is 0.759. The molecule has 19 heavy (non-hydrogen) atoms. The van der Waals surface area contributed by atoms with E-state index in [-0.39, 0.29) is 5.41 Å². The Bertz CT molecular complexity index is 577. The molecule has 0 bridgehead atoms. The van der Waals surface area contributed by atoms with Gasteiger partial charge in [-0.05, 0) is 30.2 Å². The average molecular weight is 277 g/mol. The number of nitrogens with zero attached hydrogens (tertiary/aromatic N) is 2. The van der Waals surface area contributed by atoms with Gasteiger partial charge in [0.15, 0.2) is 0 Å². The van der Waals surface area contributed by atoms with Crippen LogP contribution in [0, 0.1) is 0 Å². The maximum absolute atomic E-state index is 6.08. The van der Waals surface area contributed by atoms with Crippen molar-refractivity contribution in [3.05, 3.63) is 46.7 Å². The summed E-state index contributed by atoms with van der Waals surface area (Å²) in [4.78, 5) is 0. The van der Waals surface area contributed by atoms with Crippen molar-refractivity contribution in [2.45, 2.75) is 46.0 Å². The van der Waals surface area contributed by atoms with E-state index in [9.17, 15) is 0 Å². The Morgan fingerprint density at radius 3 is 2.37 bits per heavy atom. The topological polar surface area (TPSA) is 17.8 Å². The fraction of sp³-hybridized carbons (Fsp3) is 0.438. The van der Waals surface area contributed by atoms with Gasteiger partial charge < -0.3 is 0 Å². The largest absolute Gasteiger partial charge is 0.237 e. The van der Waals surface area contributed by atoms with E-state index in [0.717, 1.165) is 16.4 Å². The number of hydrogen-bond donors (Lipinski definition) is 0. The van der Waals surface area contributed by atoms with E-state index in [1.165, 1.54) is 5.69 Å². The molecule has 0 unspecified atom stereocenters. The predicted molar refractivity (Wildman–Crippen MR) is 81.4 cm³/mol. The molecule has 2 aromatic rings. The second-order valence-electron chi connectivity index (χ2n) is 6.25. The summed E-state index contributed by atoms with van der Waals surface area (Å²) in [5, 5.41) is 5.51.